The van der Waals surface area contributed by atoms with Crippen LogP contribution in [0.3, 0.4) is 0 Å². The Morgan fingerprint density at radius 3 is 2.44 bits per heavy atom. The molecular weight excluding hydrogens is 200 g/mol. The molecule has 0 N–H and O–H groups in total. The van der Waals surface area contributed by atoms with Gasteiger partial charge in [-0.1, -0.05) is 32.8 Å². The monoisotopic (exact) mass is 224 g/mol. The molecule has 0 aromatic carbocycles. The SMILES string of the molecule is C=C(C)C(=O)OC1CCC(CCCC)CC1. The van der Waals surface area contributed by atoms with Crippen LogP contribution < -0.4 is 0 Å². The molecule has 1 fully saturated rings. The Morgan fingerprint density at radius 2 is 1.94 bits per heavy atom. The maximum Gasteiger partial charge on any atom is 0.333 e. The maximum absolute atomic E-state index is 11.3. The number of rotatable bonds is 5. The first-order valence-electron chi connectivity index (χ1n) is 6.50. The van der Waals surface area contributed by atoms with E-state index in [1.165, 1.54) is 32.1 Å². The fourth-order valence-electron chi connectivity index (χ4n) is 2.28. The van der Waals surface area contributed by atoms with Crippen LogP contribution in [-0.2, 0) is 9.53 Å². The Morgan fingerprint density at radius 1 is 1.31 bits per heavy atom. The molecule has 2 heteroatoms. The molecule has 0 aromatic heterocycles. The third-order valence-electron chi connectivity index (χ3n) is 3.38. The first-order valence-corrected chi connectivity index (χ1v) is 6.50. The van der Waals surface area contributed by atoms with E-state index in [1.54, 1.807) is 6.92 Å². The minimum atomic E-state index is -0.225. The predicted molar refractivity (Wildman–Crippen MR) is 66.2 cm³/mol. The molecule has 1 aliphatic rings. The summed E-state index contributed by atoms with van der Waals surface area (Å²) in [5.41, 5.74) is 0.508. The number of carbonyl (C=O) groups excluding carboxylic acids is 1. The number of hydrogen-bond donors (Lipinski definition) is 0. The first-order chi connectivity index (χ1) is 7.63. The zero-order chi connectivity index (χ0) is 12.0. The standard InChI is InChI=1S/C14H24O2/c1-4-5-6-12-7-9-13(10-8-12)16-14(15)11(2)3/h12-13H,2,4-10H2,1,3H3. The Bertz CT molecular complexity index is 237. The number of unbranched alkanes of at least 4 members (excludes halogenated alkanes) is 1. The molecule has 0 saturated heterocycles. The Balaban J connectivity index is 2.21. The van der Waals surface area contributed by atoms with E-state index in [-0.39, 0.29) is 12.1 Å². The molecular formula is C14H24O2. The molecule has 0 heterocycles. The maximum atomic E-state index is 11.3. The van der Waals surface area contributed by atoms with Crippen LogP contribution in [0.2, 0.25) is 0 Å². The van der Waals surface area contributed by atoms with Gasteiger partial charge < -0.3 is 4.74 Å². The van der Waals surface area contributed by atoms with Crippen LogP contribution in [0.4, 0.5) is 0 Å². The van der Waals surface area contributed by atoms with E-state index in [1.807, 2.05) is 0 Å². The topological polar surface area (TPSA) is 26.3 Å². The van der Waals surface area contributed by atoms with Gasteiger partial charge in [-0.05, 0) is 38.5 Å². The van der Waals surface area contributed by atoms with Crippen molar-refractivity contribution in [2.24, 2.45) is 5.92 Å². The summed E-state index contributed by atoms with van der Waals surface area (Å²) in [4.78, 5) is 11.3. The lowest BCUT2D eigenvalue weighted by atomic mass is 9.84. The summed E-state index contributed by atoms with van der Waals surface area (Å²) in [6.45, 7) is 7.54. The molecule has 1 saturated carbocycles. The van der Waals surface area contributed by atoms with Crippen LogP contribution in [0.5, 0.6) is 0 Å². The second-order valence-corrected chi connectivity index (χ2v) is 4.97. The van der Waals surface area contributed by atoms with Crippen molar-refractivity contribution in [2.45, 2.75) is 64.9 Å². The van der Waals surface area contributed by atoms with Crippen LogP contribution in [0.1, 0.15) is 58.8 Å². The van der Waals surface area contributed by atoms with E-state index in [2.05, 4.69) is 13.5 Å². The molecule has 16 heavy (non-hydrogen) atoms. The van der Waals surface area contributed by atoms with Crippen LogP contribution in [0.25, 0.3) is 0 Å². The highest BCUT2D eigenvalue weighted by Gasteiger charge is 2.23. The van der Waals surface area contributed by atoms with Gasteiger partial charge in [0.05, 0.1) is 0 Å². The van der Waals surface area contributed by atoms with Crippen molar-refractivity contribution >= 4 is 5.97 Å². The lowest BCUT2D eigenvalue weighted by Gasteiger charge is -2.28. The third kappa shape index (κ3) is 4.38. The summed E-state index contributed by atoms with van der Waals surface area (Å²) in [5.74, 6) is 0.636. The van der Waals surface area contributed by atoms with Gasteiger partial charge in [0.2, 0.25) is 0 Å². The van der Waals surface area contributed by atoms with E-state index in [0.29, 0.717) is 5.57 Å². The van der Waals surface area contributed by atoms with Gasteiger partial charge in [-0.25, -0.2) is 4.79 Å². The normalized spacial score (nSPS) is 25.1. The summed E-state index contributed by atoms with van der Waals surface area (Å²) in [5, 5.41) is 0. The van der Waals surface area contributed by atoms with Crippen molar-refractivity contribution in [1.82, 2.24) is 0 Å². The van der Waals surface area contributed by atoms with Crippen LogP contribution in [-0.4, -0.2) is 12.1 Å². The number of esters is 1. The fourth-order valence-corrected chi connectivity index (χ4v) is 2.28. The summed E-state index contributed by atoms with van der Waals surface area (Å²) in [7, 11) is 0. The molecule has 0 atom stereocenters. The minimum absolute atomic E-state index is 0.141. The van der Waals surface area contributed by atoms with Crippen molar-refractivity contribution in [3.63, 3.8) is 0 Å². The smallest absolute Gasteiger partial charge is 0.333 e. The van der Waals surface area contributed by atoms with Crippen molar-refractivity contribution < 1.29 is 9.53 Å². The molecule has 1 aliphatic carbocycles. The molecule has 2 nitrogen and oxygen atoms in total. The predicted octanol–water partition coefficient (Wildman–Crippen LogP) is 3.85. The van der Waals surface area contributed by atoms with Gasteiger partial charge in [0, 0.05) is 5.57 Å². The molecule has 0 bridgehead atoms. The zero-order valence-corrected chi connectivity index (χ0v) is 10.6. The Labute approximate surface area is 99.1 Å². The fraction of sp³-hybridized carbons (Fsp3) is 0.786. The van der Waals surface area contributed by atoms with Crippen molar-refractivity contribution in [2.75, 3.05) is 0 Å². The van der Waals surface area contributed by atoms with E-state index in [9.17, 15) is 4.79 Å². The van der Waals surface area contributed by atoms with Crippen molar-refractivity contribution in [3.05, 3.63) is 12.2 Å². The Hall–Kier alpha value is -0.790. The summed E-state index contributed by atoms with van der Waals surface area (Å²) in [6.07, 6.45) is 8.61. The quantitative estimate of drug-likeness (QED) is 0.523. The molecule has 92 valence electrons. The van der Waals surface area contributed by atoms with Gasteiger partial charge in [-0.3, -0.25) is 0 Å². The van der Waals surface area contributed by atoms with Gasteiger partial charge in [-0.15, -0.1) is 0 Å². The number of ether oxygens (including phenoxy) is 1. The van der Waals surface area contributed by atoms with E-state index < -0.39 is 0 Å². The molecule has 0 spiro atoms. The van der Waals surface area contributed by atoms with Gasteiger partial charge in [0.15, 0.2) is 0 Å². The third-order valence-corrected chi connectivity index (χ3v) is 3.38. The van der Waals surface area contributed by atoms with Crippen LogP contribution in [0.15, 0.2) is 12.2 Å². The highest BCUT2D eigenvalue weighted by molar-refractivity contribution is 5.87. The van der Waals surface area contributed by atoms with Gasteiger partial charge in [0.25, 0.3) is 0 Å². The molecule has 1 rings (SSSR count). The van der Waals surface area contributed by atoms with Gasteiger partial charge in [-0.2, -0.15) is 0 Å². The van der Waals surface area contributed by atoms with Crippen LogP contribution in [0, 0.1) is 5.92 Å². The van der Waals surface area contributed by atoms with Crippen molar-refractivity contribution in [1.29, 1.82) is 0 Å². The molecule has 0 unspecified atom stereocenters. The first kappa shape index (κ1) is 13.3. The molecule has 0 radical (unpaired) electrons. The van der Waals surface area contributed by atoms with Crippen molar-refractivity contribution in [3.8, 4) is 0 Å². The van der Waals surface area contributed by atoms with E-state index in [4.69, 9.17) is 4.74 Å². The molecule has 0 aromatic rings. The average Bonchev–Trinajstić information content (AvgIpc) is 2.28. The van der Waals surface area contributed by atoms with E-state index in [0.717, 1.165) is 18.8 Å². The van der Waals surface area contributed by atoms with Gasteiger partial charge >= 0.3 is 5.97 Å². The summed E-state index contributed by atoms with van der Waals surface area (Å²) in [6, 6.07) is 0. The second kappa shape index (κ2) is 6.72. The highest BCUT2D eigenvalue weighted by Crippen LogP contribution is 2.29. The Kier molecular flexibility index (Phi) is 5.58. The number of hydrogen-bond acceptors (Lipinski definition) is 2. The summed E-state index contributed by atoms with van der Waals surface area (Å²) < 4.78 is 5.37. The minimum Gasteiger partial charge on any atom is -0.459 e. The highest BCUT2D eigenvalue weighted by atomic mass is 16.5. The second-order valence-electron chi connectivity index (χ2n) is 4.97. The largest absolute Gasteiger partial charge is 0.459 e. The number of carbonyl (C=O) groups is 1. The average molecular weight is 224 g/mol. The lowest BCUT2D eigenvalue weighted by molar-refractivity contribution is -0.146. The zero-order valence-electron chi connectivity index (χ0n) is 10.6. The van der Waals surface area contributed by atoms with E-state index >= 15 is 0 Å². The lowest BCUT2D eigenvalue weighted by Crippen LogP contribution is -2.24. The molecule has 0 amide bonds. The van der Waals surface area contributed by atoms with Gasteiger partial charge in [0.1, 0.15) is 6.10 Å². The van der Waals surface area contributed by atoms with Crippen LogP contribution >= 0.6 is 0 Å². The summed E-state index contributed by atoms with van der Waals surface area (Å²) >= 11 is 0. The molecule has 0 aliphatic heterocycles.